The van der Waals surface area contributed by atoms with E-state index in [4.69, 9.17) is 4.74 Å². The Bertz CT molecular complexity index is 471. The zero-order valence-corrected chi connectivity index (χ0v) is 12.5. The summed E-state index contributed by atoms with van der Waals surface area (Å²) < 4.78 is 5.14. The summed E-state index contributed by atoms with van der Waals surface area (Å²) in [6.45, 7) is 4.88. The molecule has 0 saturated heterocycles. The third kappa shape index (κ3) is 3.73. The lowest BCUT2D eigenvalue weighted by atomic mass is 9.87. The van der Waals surface area contributed by atoms with Crippen molar-refractivity contribution in [3.8, 4) is 5.75 Å². The van der Waals surface area contributed by atoms with Crippen molar-refractivity contribution in [2.24, 2.45) is 5.41 Å². The first kappa shape index (κ1) is 14.9. The van der Waals surface area contributed by atoms with Crippen LogP contribution in [0.2, 0.25) is 0 Å². The maximum absolute atomic E-state index is 12.0. The molecule has 1 aromatic carbocycles. The molecule has 20 heavy (non-hydrogen) atoms. The molecule has 0 aromatic heterocycles. The lowest BCUT2D eigenvalue weighted by Gasteiger charge is -2.27. The third-order valence-corrected chi connectivity index (χ3v) is 4.12. The molecule has 2 rings (SSSR count). The Kier molecular flexibility index (Phi) is 4.65. The van der Waals surface area contributed by atoms with Gasteiger partial charge in [0.1, 0.15) is 5.75 Å². The molecule has 4 nitrogen and oxygen atoms in total. The predicted molar refractivity (Wildman–Crippen MR) is 81.0 cm³/mol. The highest BCUT2D eigenvalue weighted by molar-refractivity contribution is 5.92. The fraction of sp³-hybridized carbons (Fsp3) is 0.562. The first-order chi connectivity index (χ1) is 9.51. The number of hydrogen-bond donors (Lipinski definition) is 2. The van der Waals surface area contributed by atoms with E-state index >= 15 is 0 Å². The molecular weight excluding hydrogens is 252 g/mol. The monoisotopic (exact) mass is 276 g/mol. The van der Waals surface area contributed by atoms with E-state index in [9.17, 15) is 4.79 Å². The Morgan fingerprint density at radius 1 is 1.45 bits per heavy atom. The molecule has 2 N–H and O–H groups in total. The van der Waals surface area contributed by atoms with Crippen LogP contribution in [0.4, 0.5) is 5.69 Å². The van der Waals surface area contributed by atoms with Crippen molar-refractivity contribution in [2.75, 3.05) is 19.0 Å². The van der Waals surface area contributed by atoms with Crippen LogP contribution in [0.1, 0.15) is 33.1 Å². The molecule has 1 aliphatic carbocycles. The van der Waals surface area contributed by atoms with Crippen molar-refractivity contribution in [1.82, 2.24) is 5.32 Å². The summed E-state index contributed by atoms with van der Waals surface area (Å²) in [6.07, 6.45) is 3.61. The van der Waals surface area contributed by atoms with Gasteiger partial charge in [0, 0.05) is 17.8 Å². The Balaban J connectivity index is 1.83. The number of carbonyl (C=O) groups excluding carboxylic acids is 1. The smallest absolute Gasteiger partial charge is 0.238 e. The van der Waals surface area contributed by atoms with E-state index in [2.05, 4.69) is 24.5 Å². The number of amides is 1. The minimum atomic E-state index is -0.0130. The predicted octanol–water partition coefficient (Wildman–Crippen LogP) is 2.80. The second-order valence-corrected chi connectivity index (χ2v) is 6.09. The maximum Gasteiger partial charge on any atom is 0.238 e. The van der Waals surface area contributed by atoms with E-state index in [0.29, 0.717) is 12.6 Å². The number of benzene rings is 1. The van der Waals surface area contributed by atoms with Crippen LogP contribution >= 0.6 is 0 Å². The van der Waals surface area contributed by atoms with Gasteiger partial charge in [0.25, 0.3) is 0 Å². The second kappa shape index (κ2) is 6.27. The van der Waals surface area contributed by atoms with E-state index in [1.165, 1.54) is 12.8 Å². The molecule has 0 bridgehead atoms. The summed E-state index contributed by atoms with van der Waals surface area (Å²) in [5.41, 5.74) is 1.05. The summed E-state index contributed by atoms with van der Waals surface area (Å²) in [6, 6.07) is 7.83. The molecule has 1 saturated carbocycles. The van der Waals surface area contributed by atoms with Crippen molar-refractivity contribution in [2.45, 2.75) is 39.2 Å². The van der Waals surface area contributed by atoms with E-state index in [1.807, 2.05) is 24.3 Å². The van der Waals surface area contributed by atoms with E-state index in [0.717, 1.165) is 17.9 Å². The Labute approximate surface area is 120 Å². The van der Waals surface area contributed by atoms with Gasteiger partial charge in [0.2, 0.25) is 5.91 Å². The van der Waals surface area contributed by atoms with Crippen LogP contribution in [0.3, 0.4) is 0 Å². The minimum Gasteiger partial charge on any atom is -0.497 e. The SMILES string of the molecule is COc1cccc(NC(=O)CNC2CCCC2(C)C)c1. The van der Waals surface area contributed by atoms with Gasteiger partial charge < -0.3 is 15.4 Å². The molecule has 1 aromatic rings. The Morgan fingerprint density at radius 2 is 2.25 bits per heavy atom. The molecular formula is C16H24N2O2. The van der Waals surface area contributed by atoms with Gasteiger partial charge in [-0.05, 0) is 30.4 Å². The molecule has 1 amide bonds. The second-order valence-electron chi connectivity index (χ2n) is 6.09. The van der Waals surface area contributed by atoms with Gasteiger partial charge in [0.15, 0.2) is 0 Å². The lowest BCUT2D eigenvalue weighted by Crippen LogP contribution is -2.41. The van der Waals surface area contributed by atoms with Crippen LogP contribution in [0.25, 0.3) is 0 Å². The minimum absolute atomic E-state index is 0.0130. The van der Waals surface area contributed by atoms with E-state index in [1.54, 1.807) is 7.11 Å². The highest BCUT2D eigenvalue weighted by Crippen LogP contribution is 2.36. The summed E-state index contributed by atoms with van der Waals surface area (Å²) in [5, 5.41) is 6.26. The quantitative estimate of drug-likeness (QED) is 0.869. The van der Waals surface area contributed by atoms with Crippen molar-refractivity contribution >= 4 is 11.6 Å². The molecule has 1 atom stereocenters. The van der Waals surface area contributed by atoms with Gasteiger partial charge in [-0.1, -0.05) is 26.3 Å². The molecule has 1 fully saturated rings. The van der Waals surface area contributed by atoms with Gasteiger partial charge >= 0.3 is 0 Å². The maximum atomic E-state index is 12.0. The molecule has 1 aliphatic rings. The normalized spacial score (nSPS) is 20.6. The average molecular weight is 276 g/mol. The van der Waals surface area contributed by atoms with Gasteiger partial charge in [0.05, 0.1) is 13.7 Å². The number of ether oxygens (including phenoxy) is 1. The summed E-state index contributed by atoms with van der Waals surface area (Å²) >= 11 is 0. The summed E-state index contributed by atoms with van der Waals surface area (Å²) in [4.78, 5) is 12.0. The van der Waals surface area contributed by atoms with E-state index < -0.39 is 0 Å². The molecule has 1 unspecified atom stereocenters. The number of carbonyl (C=O) groups is 1. The molecule has 0 radical (unpaired) electrons. The van der Waals surface area contributed by atoms with Crippen molar-refractivity contribution in [3.05, 3.63) is 24.3 Å². The van der Waals surface area contributed by atoms with Crippen molar-refractivity contribution in [1.29, 1.82) is 0 Å². The fourth-order valence-electron chi connectivity index (χ4n) is 2.83. The lowest BCUT2D eigenvalue weighted by molar-refractivity contribution is -0.115. The van der Waals surface area contributed by atoms with Gasteiger partial charge in [-0.25, -0.2) is 0 Å². The standard InChI is InChI=1S/C16H24N2O2/c1-16(2)9-5-8-14(16)17-11-15(19)18-12-6-4-7-13(10-12)20-3/h4,6-7,10,14,17H,5,8-9,11H2,1-3H3,(H,18,19). The van der Waals surface area contributed by atoms with Crippen molar-refractivity contribution in [3.63, 3.8) is 0 Å². The number of methoxy groups -OCH3 is 1. The molecule has 110 valence electrons. The molecule has 0 spiro atoms. The first-order valence-corrected chi connectivity index (χ1v) is 7.18. The number of nitrogens with one attached hydrogen (secondary N) is 2. The van der Waals surface area contributed by atoms with Crippen LogP contribution in [-0.4, -0.2) is 25.6 Å². The summed E-state index contributed by atoms with van der Waals surface area (Å²) in [7, 11) is 1.62. The summed E-state index contributed by atoms with van der Waals surface area (Å²) in [5.74, 6) is 0.730. The average Bonchev–Trinajstić information content (AvgIpc) is 2.75. The number of hydrogen-bond acceptors (Lipinski definition) is 3. The molecule has 0 heterocycles. The van der Waals surface area contributed by atoms with Crippen LogP contribution in [0.5, 0.6) is 5.75 Å². The largest absolute Gasteiger partial charge is 0.497 e. The highest BCUT2D eigenvalue weighted by atomic mass is 16.5. The third-order valence-electron chi connectivity index (χ3n) is 4.12. The molecule has 0 aliphatic heterocycles. The van der Waals surface area contributed by atoms with Crippen LogP contribution in [0.15, 0.2) is 24.3 Å². The zero-order valence-electron chi connectivity index (χ0n) is 12.5. The van der Waals surface area contributed by atoms with Gasteiger partial charge in [-0.15, -0.1) is 0 Å². The Hall–Kier alpha value is -1.55. The first-order valence-electron chi connectivity index (χ1n) is 7.18. The van der Waals surface area contributed by atoms with Gasteiger partial charge in [-0.2, -0.15) is 0 Å². The zero-order chi connectivity index (χ0) is 14.6. The topological polar surface area (TPSA) is 50.4 Å². The van der Waals surface area contributed by atoms with Crippen LogP contribution < -0.4 is 15.4 Å². The van der Waals surface area contributed by atoms with E-state index in [-0.39, 0.29) is 11.3 Å². The number of rotatable bonds is 5. The van der Waals surface area contributed by atoms with Crippen LogP contribution in [0, 0.1) is 5.41 Å². The van der Waals surface area contributed by atoms with Crippen LogP contribution in [-0.2, 0) is 4.79 Å². The van der Waals surface area contributed by atoms with Crippen molar-refractivity contribution < 1.29 is 9.53 Å². The fourth-order valence-corrected chi connectivity index (χ4v) is 2.83. The number of anilines is 1. The highest BCUT2D eigenvalue weighted by Gasteiger charge is 2.34. The molecule has 4 heteroatoms. The van der Waals surface area contributed by atoms with Gasteiger partial charge in [-0.3, -0.25) is 4.79 Å². The Morgan fingerprint density at radius 3 is 2.90 bits per heavy atom.